The second-order valence-electron chi connectivity index (χ2n) is 6.05. The van der Waals surface area contributed by atoms with Crippen LogP contribution in [0, 0.1) is 0 Å². The van der Waals surface area contributed by atoms with Crippen molar-refractivity contribution in [3.05, 3.63) is 15.9 Å². The van der Waals surface area contributed by atoms with E-state index in [1.165, 1.54) is 15.6 Å². The molecule has 1 fully saturated rings. The van der Waals surface area contributed by atoms with E-state index in [0.29, 0.717) is 17.2 Å². The fourth-order valence-electron chi connectivity index (χ4n) is 2.10. The summed E-state index contributed by atoms with van der Waals surface area (Å²) in [5.74, 6) is 0. The van der Waals surface area contributed by atoms with Gasteiger partial charge in [0.25, 0.3) is 10.0 Å². The number of rotatable bonds is 3. The number of amides is 1. The van der Waals surface area contributed by atoms with Gasteiger partial charge >= 0.3 is 6.09 Å². The fourth-order valence-corrected chi connectivity index (χ4v) is 5.77. The minimum Gasteiger partial charge on any atom is -0.444 e. The van der Waals surface area contributed by atoms with Crippen LogP contribution in [0.4, 0.5) is 4.79 Å². The molecule has 1 N–H and O–H groups in total. The van der Waals surface area contributed by atoms with E-state index in [4.69, 9.17) is 4.74 Å². The van der Waals surface area contributed by atoms with Gasteiger partial charge in [0.05, 0.1) is 3.79 Å². The number of nitrogens with zero attached hydrogens (tertiary/aromatic N) is 1. The molecule has 0 aromatic carbocycles. The predicted molar refractivity (Wildman–Crippen MR) is 88.6 cm³/mol. The Labute approximate surface area is 143 Å². The third-order valence-electron chi connectivity index (χ3n) is 3.01. The number of ether oxygens (including phenoxy) is 1. The molecule has 22 heavy (non-hydrogen) atoms. The van der Waals surface area contributed by atoms with Crippen LogP contribution in [0.2, 0.25) is 0 Å². The molecule has 0 bridgehead atoms. The second kappa shape index (κ2) is 6.46. The van der Waals surface area contributed by atoms with Crippen molar-refractivity contribution in [1.29, 1.82) is 0 Å². The molecule has 0 aliphatic carbocycles. The number of nitrogens with one attached hydrogen (secondary N) is 1. The summed E-state index contributed by atoms with van der Waals surface area (Å²) in [5.41, 5.74) is -0.572. The molecular formula is C13H19BrN2O4S2. The molecule has 0 radical (unpaired) electrons. The predicted octanol–water partition coefficient (Wildman–Crippen LogP) is 2.80. The third-order valence-corrected chi connectivity index (χ3v) is 6.97. The highest BCUT2D eigenvalue weighted by Crippen LogP contribution is 2.30. The number of sulfonamides is 1. The van der Waals surface area contributed by atoms with Crippen LogP contribution in [0.15, 0.2) is 20.1 Å². The van der Waals surface area contributed by atoms with Crippen LogP contribution in [-0.2, 0) is 14.8 Å². The highest BCUT2D eigenvalue weighted by molar-refractivity contribution is 9.11. The molecule has 1 aromatic rings. The van der Waals surface area contributed by atoms with E-state index in [1.807, 2.05) is 0 Å². The maximum absolute atomic E-state index is 12.5. The molecule has 0 saturated carbocycles. The van der Waals surface area contributed by atoms with Crippen LogP contribution in [0.3, 0.4) is 0 Å². The van der Waals surface area contributed by atoms with Crippen LogP contribution >= 0.6 is 27.3 Å². The highest BCUT2D eigenvalue weighted by Gasteiger charge is 2.34. The topological polar surface area (TPSA) is 75.7 Å². The van der Waals surface area contributed by atoms with Gasteiger partial charge in [-0.3, -0.25) is 0 Å². The molecule has 1 saturated heterocycles. The molecule has 124 valence electrons. The van der Waals surface area contributed by atoms with Crippen molar-refractivity contribution in [3.63, 3.8) is 0 Å². The maximum Gasteiger partial charge on any atom is 0.407 e. The van der Waals surface area contributed by atoms with E-state index in [9.17, 15) is 13.2 Å². The van der Waals surface area contributed by atoms with Crippen molar-refractivity contribution in [2.75, 3.05) is 13.1 Å². The average molecular weight is 411 g/mol. The monoisotopic (exact) mass is 410 g/mol. The van der Waals surface area contributed by atoms with Gasteiger partial charge in [0.2, 0.25) is 0 Å². The van der Waals surface area contributed by atoms with Gasteiger partial charge in [-0.15, -0.1) is 11.3 Å². The first-order valence-corrected chi connectivity index (χ1v) is 9.88. The lowest BCUT2D eigenvalue weighted by atomic mass is 10.2. The van der Waals surface area contributed by atoms with Gasteiger partial charge in [-0.05, 0) is 55.3 Å². The maximum atomic E-state index is 12.5. The zero-order valence-electron chi connectivity index (χ0n) is 12.6. The number of alkyl carbamates (subject to hydrolysis) is 1. The van der Waals surface area contributed by atoms with Gasteiger partial charge in [0, 0.05) is 19.1 Å². The molecule has 1 aliphatic heterocycles. The second-order valence-corrected chi connectivity index (χ2v) is 10.7. The largest absolute Gasteiger partial charge is 0.444 e. The first-order valence-electron chi connectivity index (χ1n) is 6.83. The van der Waals surface area contributed by atoms with Crippen molar-refractivity contribution < 1.29 is 17.9 Å². The Hall–Kier alpha value is -0.640. The first kappa shape index (κ1) is 17.7. The summed E-state index contributed by atoms with van der Waals surface area (Å²) in [5, 5.41) is 2.72. The third kappa shape index (κ3) is 4.43. The molecule has 1 amide bonds. The smallest absolute Gasteiger partial charge is 0.407 e. The Bertz CT molecular complexity index is 651. The summed E-state index contributed by atoms with van der Waals surface area (Å²) in [7, 11) is -3.49. The van der Waals surface area contributed by atoms with E-state index >= 15 is 0 Å². The number of hydrogen-bond donors (Lipinski definition) is 1. The van der Waals surface area contributed by atoms with Crippen molar-refractivity contribution >= 4 is 43.4 Å². The molecule has 0 unspecified atom stereocenters. The fraction of sp³-hybridized carbons (Fsp3) is 0.615. The van der Waals surface area contributed by atoms with E-state index in [-0.39, 0.29) is 12.6 Å². The molecule has 6 nitrogen and oxygen atoms in total. The summed E-state index contributed by atoms with van der Waals surface area (Å²) in [6.07, 6.45) is 0.0565. The quantitative estimate of drug-likeness (QED) is 0.830. The average Bonchev–Trinajstić information content (AvgIpc) is 2.96. The standard InChI is InChI=1S/C13H19BrN2O4S2/c1-13(2,3)20-12(17)15-9-6-7-16(8-9)22(18,19)11-5-4-10(14)21-11/h4-5,9H,6-8H2,1-3H3,(H,15,17)/t9-/m1/s1. The zero-order valence-corrected chi connectivity index (χ0v) is 15.8. The lowest BCUT2D eigenvalue weighted by Gasteiger charge is -2.22. The number of hydrogen-bond acceptors (Lipinski definition) is 5. The Morgan fingerprint density at radius 3 is 2.68 bits per heavy atom. The van der Waals surface area contributed by atoms with Crippen LogP contribution in [-0.4, -0.2) is 43.5 Å². The normalized spacial score (nSPS) is 20.1. The van der Waals surface area contributed by atoms with E-state index < -0.39 is 21.7 Å². The molecule has 2 heterocycles. The molecule has 0 spiro atoms. The van der Waals surface area contributed by atoms with Gasteiger partial charge in [-0.2, -0.15) is 4.31 Å². The molecule has 1 aliphatic rings. The lowest BCUT2D eigenvalue weighted by Crippen LogP contribution is -2.41. The molecule has 2 rings (SSSR count). The Morgan fingerprint density at radius 1 is 1.45 bits per heavy atom. The number of halogens is 1. The molecule has 9 heteroatoms. The van der Waals surface area contributed by atoms with Crippen LogP contribution < -0.4 is 5.32 Å². The van der Waals surface area contributed by atoms with Crippen molar-refractivity contribution in [2.45, 2.75) is 43.0 Å². The van der Waals surface area contributed by atoms with Gasteiger partial charge in [-0.25, -0.2) is 13.2 Å². The van der Waals surface area contributed by atoms with E-state index in [1.54, 1.807) is 32.9 Å². The minimum absolute atomic E-state index is 0.229. The molecule has 1 aromatic heterocycles. The van der Waals surface area contributed by atoms with Crippen LogP contribution in [0.25, 0.3) is 0 Å². The van der Waals surface area contributed by atoms with Gasteiger partial charge in [0.15, 0.2) is 0 Å². The minimum atomic E-state index is -3.49. The van der Waals surface area contributed by atoms with E-state index in [0.717, 1.165) is 3.79 Å². The summed E-state index contributed by atoms with van der Waals surface area (Å²) in [4.78, 5) is 11.7. The summed E-state index contributed by atoms with van der Waals surface area (Å²) < 4.78 is 32.6. The first-order chi connectivity index (χ1) is 10.1. The number of carbonyl (C=O) groups is 1. The van der Waals surface area contributed by atoms with Gasteiger partial charge in [0.1, 0.15) is 9.81 Å². The molecular weight excluding hydrogens is 392 g/mol. The Kier molecular flexibility index (Phi) is 5.20. The number of carbonyl (C=O) groups excluding carboxylic acids is 1. The lowest BCUT2D eigenvalue weighted by molar-refractivity contribution is 0.0507. The van der Waals surface area contributed by atoms with Crippen LogP contribution in [0.5, 0.6) is 0 Å². The summed E-state index contributed by atoms with van der Waals surface area (Å²) in [6, 6.07) is 3.07. The molecule has 1 atom stereocenters. The van der Waals surface area contributed by atoms with Crippen molar-refractivity contribution in [2.24, 2.45) is 0 Å². The van der Waals surface area contributed by atoms with Crippen LogP contribution in [0.1, 0.15) is 27.2 Å². The Morgan fingerprint density at radius 2 is 2.14 bits per heavy atom. The summed E-state index contributed by atoms with van der Waals surface area (Å²) >= 11 is 4.45. The van der Waals surface area contributed by atoms with E-state index in [2.05, 4.69) is 21.2 Å². The van der Waals surface area contributed by atoms with Gasteiger partial charge < -0.3 is 10.1 Å². The van der Waals surface area contributed by atoms with Crippen molar-refractivity contribution in [1.82, 2.24) is 9.62 Å². The Balaban J connectivity index is 1.97. The van der Waals surface area contributed by atoms with Crippen molar-refractivity contribution in [3.8, 4) is 0 Å². The summed E-state index contributed by atoms with van der Waals surface area (Å²) in [6.45, 7) is 6.00. The number of thiophene rings is 1. The SMILES string of the molecule is CC(C)(C)OC(=O)N[C@@H]1CCN(S(=O)(=O)c2ccc(Br)s2)C1. The van der Waals surface area contributed by atoms with Gasteiger partial charge in [-0.1, -0.05) is 0 Å². The zero-order chi connectivity index (χ0) is 16.5. The highest BCUT2D eigenvalue weighted by atomic mass is 79.9.